The maximum Gasteiger partial charge on any atom is 0.311 e. The highest BCUT2D eigenvalue weighted by Crippen LogP contribution is 2.31. The molecule has 0 aromatic heterocycles. The van der Waals surface area contributed by atoms with E-state index in [4.69, 9.17) is 4.74 Å². The zero-order chi connectivity index (χ0) is 18.6. The molecule has 1 saturated heterocycles. The molecule has 0 atom stereocenters. The third-order valence-electron chi connectivity index (χ3n) is 4.60. The molecule has 25 heavy (non-hydrogen) atoms. The average molecular weight is 350 g/mol. The van der Waals surface area contributed by atoms with Crippen LogP contribution in [0.4, 0.5) is 5.69 Å². The minimum absolute atomic E-state index is 0.0374. The first-order valence-electron chi connectivity index (χ1n) is 8.14. The van der Waals surface area contributed by atoms with Crippen LogP contribution in [-0.2, 0) is 9.53 Å². The van der Waals surface area contributed by atoms with Crippen molar-refractivity contribution in [1.82, 2.24) is 5.32 Å². The lowest BCUT2D eigenvalue weighted by atomic mass is 9.80. The number of hydrogen-bond acceptors (Lipinski definition) is 5. The van der Waals surface area contributed by atoms with Crippen molar-refractivity contribution in [3.8, 4) is 0 Å². The number of hydrogen-bond donors (Lipinski definition) is 2. The Morgan fingerprint density at radius 1 is 1.36 bits per heavy atom. The van der Waals surface area contributed by atoms with E-state index < -0.39 is 22.2 Å². The Labute approximate surface area is 145 Å². The van der Waals surface area contributed by atoms with Gasteiger partial charge in [-0.15, -0.1) is 0 Å². The summed E-state index contributed by atoms with van der Waals surface area (Å²) in [5.41, 5.74) is -0.476. The standard InChI is InChI=1S/C17H22N2O6/c1-11(2)13-4-3-12(9-14(13)19(23)24)15(20)18-10-17(16(21)22)5-7-25-8-6-17/h3-4,9,11H,5-8,10H2,1-2H3,(H,18,20)(H,21,22). The summed E-state index contributed by atoms with van der Waals surface area (Å²) in [5.74, 6) is -1.54. The molecular formula is C17H22N2O6. The molecule has 8 nitrogen and oxygen atoms in total. The Bertz CT molecular complexity index is 680. The van der Waals surface area contributed by atoms with Crippen molar-refractivity contribution in [2.45, 2.75) is 32.6 Å². The van der Waals surface area contributed by atoms with Gasteiger partial charge in [-0.05, 0) is 24.8 Å². The number of nitro benzene ring substituents is 1. The third kappa shape index (κ3) is 4.14. The Morgan fingerprint density at radius 3 is 2.52 bits per heavy atom. The van der Waals surface area contributed by atoms with Crippen LogP contribution in [0.3, 0.4) is 0 Å². The maximum absolute atomic E-state index is 12.4. The summed E-state index contributed by atoms with van der Waals surface area (Å²) in [7, 11) is 0. The molecule has 2 rings (SSSR count). The topological polar surface area (TPSA) is 119 Å². The van der Waals surface area contributed by atoms with E-state index in [1.165, 1.54) is 12.1 Å². The van der Waals surface area contributed by atoms with Gasteiger partial charge in [0, 0.05) is 37.0 Å². The summed E-state index contributed by atoms with van der Waals surface area (Å²) in [6, 6.07) is 4.33. The van der Waals surface area contributed by atoms with Crippen molar-refractivity contribution in [2.24, 2.45) is 5.41 Å². The Morgan fingerprint density at radius 2 is 2.00 bits per heavy atom. The largest absolute Gasteiger partial charge is 0.481 e. The molecule has 1 amide bonds. The Hall–Kier alpha value is -2.48. The monoisotopic (exact) mass is 350 g/mol. The van der Waals surface area contributed by atoms with Crippen molar-refractivity contribution in [2.75, 3.05) is 19.8 Å². The normalized spacial score (nSPS) is 16.4. The SMILES string of the molecule is CC(C)c1ccc(C(=O)NCC2(C(=O)O)CCOCC2)cc1[N+](=O)[O-]. The van der Waals surface area contributed by atoms with Crippen LogP contribution < -0.4 is 5.32 Å². The molecule has 0 aliphatic carbocycles. The van der Waals surface area contributed by atoms with Crippen LogP contribution in [-0.4, -0.2) is 41.7 Å². The van der Waals surface area contributed by atoms with Gasteiger partial charge in [-0.25, -0.2) is 0 Å². The minimum atomic E-state index is -1.06. The molecule has 136 valence electrons. The number of aliphatic carboxylic acids is 1. The highest BCUT2D eigenvalue weighted by atomic mass is 16.6. The molecule has 1 aliphatic heterocycles. The molecule has 1 heterocycles. The molecular weight excluding hydrogens is 328 g/mol. The van der Waals surface area contributed by atoms with Crippen LogP contribution in [0.2, 0.25) is 0 Å². The molecule has 1 aromatic carbocycles. The number of ether oxygens (including phenoxy) is 1. The predicted molar refractivity (Wildman–Crippen MR) is 89.6 cm³/mol. The van der Waals surface area contributed by atoms with Crippen molar-refractivity contribution >= 4 is 17.6 Å². The van der Waals surface area contributed by atoms with Crippen LogP contribution in [0.1, 0.15) is 48.5 Å². The van der Waals surface area contributed by atoms with E-state index in [-0.39, 0.29) is 23.7 Å². The van der Waals surface area contributed by atoms with Crippen molar-refractivity contribution in [1.29, 1.82) is 0 Å². The fourth-order valence-electron chi connectivity index (χ4n) is 2.91. The second-order valence-electron chi connectivity index (χ2n) is 6.57. The van der Waals surface area contributed by atoms with Gasteiger partial charge in [-0.3, -0.25) is 19.7 Å². The lowest BCUT2D eigenvalue weighted by Gasteiger charge is -2.33. The van der Waals surface area contributed by atoms with Gasteiger partial charge in [0.05, 0.1) is 10.3 Å². The molecule has 0 unspecified atom stereocenters. The highest BCUT2D eigenvalue weighted by Gasteiger charge is 2.40. The van der Waals surface area contributed by atoms with Crippen LogP contribution in [0.15, 0.2) is 18.2 Å². The lowest BCUT2D eigenvalue weighted by molar-refractivity contribution is -0.385. The van der Waals surface area contributed by atoms with E-state index >= 15 is 0 Å². The molecule has 1 aliphatic rings. The lowest BCUT2D eigenvalue weighted by Crippen LogP contribution is -2.46. The van der Waals surface area contributed by atoms with E-state index in [1.54, 1.807) is 6.07 Å². The summed E-state index contributed by atoms with van der Waals surface area (Å²) in [4.78, 5) is 34.7. The molecule has 0 bridgehead atoms. The molecule has 0 radical (unpaired) electrons. The number of carbonyl (C=O) groups excluding carboxylic acids is 1. The van der Waals surface area contributed by atoms with Gasteiger partial charge in [-0.1, -0.05) is 19.9 Å². The van der Waals surface area contributed by atoms with Crippen LogP contribution >= 0.6 is 0 Å². The predicted octanol–water partition coefficient (Wildman–Crippen LogP) is 2.33. The molecule has 1 fully saturated rings. The van der Waals surface area contributed by atoms with Gasteiger partial charge in [0.15, 0.2) is 0 Å². The molecule has 0 saturated carbocycles. The molecule has 1 aromatic rings. The van der Waals surface area contributed by atoms with Crippen molar-refractivity contribution < 1.29 is 24.4 Å². The van der Waals surface area contributed by atoms with Gasteiger partial charge in [0.25, 0.3) is 11.6 Å². The fraction of sp³-hybridized carbons (Fsp3) is 0.529. The summed E-state index contributed by atoms with van der Waals surface area (Å²) < 4.78 is 5.19. The molecule has 0 spiro atoms. The van der Waals surface area contributed by atoms with Crippen LogP contribution in [0.25, 0.3) is 0 Å². The fourth-order valence-corrected chi connectivity index (χ4v) is 2.91. The maximum atomic E-state index is 12.4. The zero-order valence-electron chi connectivity index (χ0n) is 14.3. The van der Waals surface area contributed by atoms with Gasteiger partial charge < -0.3 is 15.2 Å². The summed E-state index contributed by atoms with van der Waals surface area (Å²) >= 11 is 0. The van der Waals surface area contributed by atoms with Gasteiger partial charge in [-0.2, -0.15) is 0 Å². The minimum Gasteiger partial charge on any atom is -0.481 e. The van der Waals surface area contributed by atoms with Crippen molar-refractivity contribution in [3.05, 3.63) is 39.4 Å². The number of amides is 1. The zero-order valence-corrected chi connectivity index (χ0v) is 14.3. The van der Waals surface area contributed by atoms with Crippen LogP contribution in [0, 0.1) is 15.5 Å². The van der Waals surface area contributed by atoms with E-state index in [0.717, 1.165) is 0 Å². The number of nitrogens with zero attached hydrogens (tertiary/aromatic N) is 1. The third-order valence-corrected chi connectivity index (χ3v) is 4.60. The Balaban J connectivity index is 2.16. The van der Waals surface area contributed by atoms with E-state index in [9.17, 15) is 24.8 Å². The first-order chi connectivity index (χ1) is 11.8. The molecule has 8 heteroatoms. The first-order valence-corrected chi connectivity index (χ1v) is 8.14. The van der Waals surface area contributed by atoms with Crippen LogP contribution in [0.5, 0.6) is 0 Å². The first kappa shape index (κ1) is 18.9. The summed E-state index contributed by atoms with van der Waals surface area (Å²) in [6.45, 7) is 4.30. The van der Waals surface area contributed by atoms with E-state index in [2.05, 4.69) is 5.32 Å². The quantitative estimate of drug-likeness (QED) is 0.600. The highest BCUT2D eigenvalue weighted by molar-refractivity contribution is 5.95. The number of nitrogens with one attached hydrogen (secondary N) is 1. The van der Waals surface area contributed by atoms with Gasteiger partial charge >= 0.3 is 5.97 Å². The molecule has 2 N–H and O–H groups in total. The summed E-state index contributed by atoms with van der Waals surface area (Å²) in [6.07, 6.45) is 0.629. The Kier molecular flexibility index (Phi) is 5.73. The van der Waals surface area contributed by atoms with Gasteiger partial charge in [0.1, 0.15) is 0 Å². The number of nitro groups is 1. The van der Waals surface area contributed by atoms with E-state index in [0.29, 0.717) is 31.6 Å². The average Bonchev–Trinajstić information content (AvgIpc) is 2.59. The number of carboxylic acids is 1. The van der Waals surface area contributed by atoms with Crippen molar-refractivity contribution in [3.63, 3.8) is 0 Å². The number of rotatable bonds is 6. The van der Waals surface area contributed by atoms with E-state index in [1.807, 2.05) is 13.8 Å². The summed E-state index contributed by atoms with van der Waals surface area (Å²) in [5, 5.41) is 23.3. The second kappa shape index (κ2) is 7.60. The van der Waals surface area contributed by atoms with Gasteiger partial charge in [0.2, 0.25) is 0 Å². The number of carbonyl (C=O) groups is 2. The number of benzene rings is 1. The number of carboxylic acid groups (broad SMARTS) is 1. The second-order valence-corrected chi connectivity index (χ2v) is 6.57. The smallest absolute Gasteiger partial charge is 0.311 e.